The molecule has 2 heterocycles. The summed E-state index contributed by atoms with van der Waals surface area (Å²) in [5.41, 5.74) is 1.23. The van der Waals surface area contributed by atoms with E-state index in [4.69, 9.17) is 4.74 Å². The first-order chi connectivity index (χ1) is 11.6. The Morgan fingerprint density at radius 3 is 2.58 bits per heavy atom. The van der Waals surface area contributed by atoms with Gasteiger partial charge < -0.3 is 4.74 Å². The summed E-state index contributed by atoms with van der Waals surface area (Å²) in [6, 6.07) is 7.87. The third-order valence-corrected chi connectivity index (χ3v) is 5.66. The molecule has 5 nitrogen and oxygen atoms in total. The summed E-state index contributed by atoms with van der Waals surface area (Å²) in [7, 11) is 1.55. The molecule has 0 saturated heterocycles. The number of aromatic nitrogens is 2. The lowest BCUT2D eigenvalue weighted by molar-refractivity contribution is 0.185. The lowest BCUT2D eigenvalue weighted by Crippen LogP contribution is -2.35. The second-order valence-electron chi connectivity index (χ2n) is 5.34. The van der Waals surface area contributed by atoms with Crippen LogP contribution in [0.3, 0.4) is 0 Å². The van der Waals surface area contributed by atoms with Gasteiger partial charge in [-0.05, 0) is 24.1 Å². The van der Waals surface area contributed by atoms with Crippen LogP contribution in [0.1, 0.15) is 11.8 Å². The SMILES string of the molecule is CCc1sc2[nH]c(=O)n(CCOC)c(=O)c2c1-c1ccc(Br)cc1. The fraction of sp³-hybridized carbons (Fsp3) is 0.294. The number of hydrogen-bond donors (Lipinski definition) is 1. The highest BCUT2D eigenvalue weighted by molar-refractivity contribution is 9.10. The first-order valence-electron chi connectivity index (χ1n) is 7.60. The van der Waals surface area contributed by atoms with Crippen LogP contribution >= 0.6 is 27.3 Å². The van der Waals surface area contributed by atoms with E-state index in [9.17, 15) is 9.59 Å². The van der Waals surface area contributed by atoms with Gasteiger partial charge in [0.15, 0.2) is 0 Å². The van der Waals surface area contributed by atoms with Gasteiger partial charge >= 0.3 is 5.69 Å². The van der Waals surface area contributed by atoms with Gasteiger partial charge in [0.1, 0.15) is 4.83 Å². The Balaban J connectivity index is 2.33. The predicted octanol–water partition coefficient (Wildman–Crippen LogP) is 3.39. The highest BCUT2D eigenvalue weighted by Crippen LogP contribution is 2.36. The van der Waals surface area contributed by atoms with Crippen molar-refractivity contribution in [3.05, 3.63) is 54.5 Å². The second-order valence-corrected chi connectivity index (χ2v) is 7.37. The van der Waals surface area contributed by atoms with Crippen molar-refractivity contribution in [3.8, 4) is 11.1 Å². The van der Waals surface area contributed by atoms with Gasteiger partial charge in [-0.1, -0.05) is 35.0 Å². The Labute approximate surface area is 151 Å². The molecule has 3 aromatic rings. The smallest absolute Gasteiger partial charge is 0.329 e. The molecule has 0 aliphatic rings. The van der Waals surface area contributed by atoms with Gasteiger partial charge in [-0.2, -0.15) is 0 Å². The molecule has 3 rings (SSSR count). The van der Waals surface area contributed by atoms with Crippen LogP contribution in [0.2, 0.25) is 0 Å². The molecule has 0 spiro atoms. The maximum Gasteiger partial charge on any atom is 0.329 e. The number of hydrogen-bond acceptors (Lipinski definition) is 4. The van der Waals surface area contributed by atoms with Gasteiger partial charge in [-0.25, -0.2) is 4.79 Å². The molecule has 2 aromatic heterocycles. The largest absolute Gasteiger partial charge is 0.383 e. The van der Waals surface area contributed by atoms with Crippen LogP contribution in [0.4, 0.5) is 0 Å². The van der Waals surface area contributed by atoms with E-state index >= 15 is 0 Å². The number of aryl methyl sites for hydroxylation is 1. The second kappa shape index (κ2) is 7.04. The zero-order valence-electron chi connectivity index (χ0n) is 13.4. The Morgan fingerprint density at radius 1 is 1.25 bits per heavy atom. The number of ether oxygens (including phenoxy) is 1. The number of rotatable bonds is 5. The number of thiophene rings is 1. The summed E-state index contributed by atoms with van der Waals surface area (Å²) in [6.07, 6.45) is 0.796. The van der Waals surface area contributed by atoms with Crippen LogP contribution in [0, 0.1) is 0 Å². The molecular formula is C17H17BrN2O3S. The number of H-pyrrole nitrogens is 1. The molecule has 0 bridgehead atoms. The molecule has 0 unspecified atom stereocenters. The van der Waals surface area contributed by atoms with E-state index in [0.29, 0.717) is 16.8 Å². The van der Waals surface area contributed by atoms with E-state index in [1.54, 1.807) is 7.11 Å². The molecule has 0 fully saturated rings. The average molecular weight is 409 g/mol. The third-order valence-electron chi connectivity index (χ3n) is 3.88. The molecule has 0 atom stereocenters. The number of nitrogens with one attached hydrogen (secondary N) is 1. The monoisotopic (exact) mass is 408 g/mol. The predicted molar refractivity (Wildman–Crippen MR) is 101 cm³/mol. The van der Waals surface area contributed by atoms with Gasteiger partial charge in [0.25, 0.3) is 5.56 Å². The Kier molecular flexibility index (Phi) is 5.03. The van der Waals surface area contributed by atoms with Crippen LogP contribution in [0.25, 0.3) is 21.3 Å². The molecule has 0 radical (unpaired) electrons. The van der Waals surface area contributed by atoms with E-state index in [2.05, 4.69) is 27.8 Å². The van der Waals surface area contributed by atoms with Crippen molar-refractivity contribution < 1.29 is 4.74 Å². The van der Waals surface area contributed by atoms with Crippen molar-refractivity contribution in [1.82, 2.24) is 9.55 Å². The molecule has 0 amide bonds. The highest BCUT2D eigenvalue weighted by atomic mass is 79.9. The fourth-order valence-corrected chi connectivity index (χ4v) is 4.13. The van der Waals surface area contributed by atoms with Crippen LogP contribution < -0.4 is 11.2 Å². The molecule has 24 heavy (non-hydrogen) atoms. The topological polar surface area (TPSA) is 64.1 Å². The van der Waals surface area contributed by atoms with Crippen molar-refractivity contribution in [2.24, 2.45) is 0 Å². The Hall–Kier alpha value is -1.70. The van der Waals surface area contributed by atoms with Gasteiger partial charge in [0.05, 0.1) is 18.5 Å². The lowest BCUT2D eigenvalue weighted by Gasteiger charge is -2.06. The van der Waals surface area contributed by atoms with Crippen LogP contribution in [-0.4, -0.2) is 23.3 Å². The van der Waals surface area contributed by atoms with Crippen LogP contribution in [0.5, 0.6) is 0 Å². The minimum atomic E-state index is -0.393. The first kappa shape index (κ1) is 17.1. The summed E-state index contributed by atoms with van der Waals surface area (Å²) >= 11 is 4.91. The zero-order valence-corrected chi connectivity index (χ0v) is 15.8. The van der Waals surface area contributed by atoms with E-state index in [-0.39, 0.29) is 12.1 Å². The molecule has 1 N–H and O–H groups in total. The number of methoxy groups -OCH3 is 1. The van der Waals surface area contributed by atoms with Crippen molar-refractivity contribution in [1.29, 1.82) is 0 Å². The zero-order chi connectivity index (χ0) is 17.3. The molecule has 1 aromatic carbocycles. The summed E-state index contributed by atoms with van der Waals surface area (Å²) in [4.78, 5) is 29.7. The summed E-state index contributed by atoms with van der Waals surface area (Å²) in [6.45, 7) is 2.60. The van der Waals surface area contributed by atoms with Gasteiger partial charge in [0.2, 0.25) is 0 Å². The molecular weight excluding hydrogens is 392 g/mol. The fourth-order valence-electron chi connectivity index (χ4n) is 2.72. The minimum Gasteiger partial charge on any atom is -0.383 e. The third kappa shape index (κ3) is 2.99. The molecule has 126 valence electrons. The molecule has 7 heteroatoms. The Morgan fingerprint density at radius 2 is 1.96 bits per heavy atom. The number of nitrogens with zero attached hydrogens (tertiary/aromatic N) is 1. The molecule has 0 aliphatic heterocycles. The number of benzene rings is 1. The van der Waals surface area contributed by atoms with Gasteiger partial charge in [0, 0.05) is 22.0 Å². The highest BCUT2D eigenvalue weighted by Gasteiger charge is 2.19. The summed E-state index contributed by atoms with van der Waals surface area (Å²) in [5, 5.41) is 0.579. The van der Waals surface area contributed by atoms with Gasteiger partial charge in [-0.3, -0.25) is 14.3 Å². The van der Waals surface area contributed by atoms with Crippen molar-refractivity contribution in [2.45, 2.75) is 19.9 Å². The quantitative estimate of drug-likeness (QED) is 0.703. The summed E-state index contributed by atoms with van der Waals surface area (Å²) < 4.78 is 7.20. The van der Waals surface area contributed by atoms with Crippen LogP contribution in [-0.2, 0) is 17.7 Å². The first-order valence-corrected chi connectivity index (χ1v) is 9.21. The maximum atomic E-state index is 12.9. The van der Waals surface area contributed by atoms with Crippen LogP contribution in [0.15, 0.2) is 38.3 Å². The number of fused-ring (bicyclic) bond motifs is 1. The Bertz CT molecular complexity index is 986. The van der Waals surface area contributed by atoms with E-state index < -0.39 is 5.69 Å². The standard InChI is InChI=1S/C17H17BrN2O3S/c1-3-12-13(10-4-6-11(18)7-5-10)14-15(24-12)19-17(22)20(16(14)21)8-9-23-2/h4-7H,3,8-9H2,1-2H3,(H,19,22). The normalized spacial score (nSPS) is 11.3. The van der Waals surface area contributed by atoms with E-state index in [1.807, 2.05) is 24.3 Å². The van der Waals surface area contributed by atoms with Gasteiger partial charge in [-0.15, -0.1) is 11.3 Å². The van der Waals surface area contributed by atoms with Crippen molar-refractivity contribution in [3.63, 3.8) is 0 Å². The van der Waals surface area contributed by atoms with Crippen molar-refractivity contribution in [2.75, 3.05) is 13.7 Å². The van der Waals surface area contributed by atoms with Crippen molar-refractivity contribution >= 4 is 37.5 Å². The number of halogens is 1. The average Bonchev–Trinajstić information content (AvgIpc) is 2.94. The van der Waals surface area contributed by atoms with E-state index in [1.165, 1.54) is 15.9 Å². The maximum absolute atomic E-state index is 12.9. The minimum absolute atomic E-state index is 0.234. The number of aromatic amines is 1. The molecule has 0 aliphatic carbocycles. The lowest BCUT2D eigenvalue weighted by atomic mass is 10.0. The van der Waals surface area contributed by atoms with E-state index in [0.717, 1.165) is 26.9 Å². The molecule has 0 saturated carbocycles. The summed E-state index contributed by atoms with van der Waals surface area (Å²) in [5.74, 6) is 0.